The van der Waals surface area contributed by atoms with Crippen molar-refractivity contribution < 1.29 is 4.79 Å². The van der Waals surface area contributed by atoms with Gasteiger partial charge in [0, 0.05) is 16.6 Å². The van der Waals surface area contributed by atoms with Crippen LogP contribution in [0.15, 0.2) is 18.2 Å². The molecular formula is C12H16Cl2N2O. The van der Waals surface area contributed by atoms with Gasteiger partial charge in [-0.3, -0.25) is 10.1 Å². The Morgan fingerprint density at radius 2 is 2.12 bits per heavy atom. The van der Waals surface area contributed by atoms with Gasteiger partial charge in [0.25, 0.3) is 0 Å². The van der Waals surface area contributed by atoms with Crippen LogP contribution in [0.4, 0.5) is 0 Å². The standard InChI is InChI=1S/C12H16Cl2N2O/c1-3-12(2,11(15)17)16-7-8-6-9(13)4-5-10(8)14/h4-6,16H,3,7H2,1-2H3,(H2,15,17)/t12-/m0/s1. The molecule has 1 aromatic rings. The van der Waals surface area contributed by atoms with Gasteiger partial charge in [0.05, 0.1) is 5.54 Å². The van der Waals surface area contributed by atoms with Gasteiger partial charge in [0.15, 0.2) is 0 Å². The van der Waals surface area contributed by atoms with Crippen LogP contribution >= 0.6 is 23.2 Å². The van der Waals surface area contributed by atoms with E-state index in [-0.39, 0.29) is 5.91 Å². The summed E-state index contributed by atoms with van der Waals surface area (Å²) in [5.74, 6) is -0.377. The fraction of sp³-hybridized carbons (Fsp3) is 0.417. The lowest BCUT2D eigenvalue weighted by Crippen LogP contribution is -2.52. The number of hydrogen-bond acceptors (Lipinski definition) is 2. The molecule has 1 atom stereocenters. The van der Waals surface area contributed by atoms with E-state index in [2.05, 4.69) is 5.32 Å². The maximum absolute atomic E-state index is 11.3. The van der Waals surface area contributed by atoms with Crippen LogP contribution in [0.5, 0.6) is 0 Å². The molecule has 0 aliphatic rings. The minimum absolute atomic E-state index is 0.377. The van der Waals surface area contributed by atoms with E-state index in [0.29, 0.717) is 23.0 Å². The molecule has 0 unspecified atom stereocenters. The molecule has 5 heteroatoms. The predicted molar refractivity (Wildman–Crippen MR) is 71.2 cm³/mol. The molecule has 0 radical (unpaired) electrons. The molecule has 1 aromatic carbocycles. The van der Waals surface area contributed by atoms with Crippen LogP contribution in [0, 0.1) is 0 Å². The van der Waals surface area contributed by atoms with Crippen LogP contribution in [-0.4, -0.2) is 11.4 Å². The maximum atomic E-state index is 11.3. The minimum Gasteiger partial charge on any atom is -0.368 e. The second-order valence-corrected chi connectivity index (χ2v) is 4.98. The third-order valence-electron chi connectivity index (χ3n) is 2.93. The van der Waals surface area contributed by atoms with Crippen LogP contribution in [-0.2, 0) is 11.3 Å². The molecule has 0 saturated heterocycles. The lowest BCUT2D eigenvalue weighted by Gasteiger charge is -2.26. The highest BCUT2D eigenvalue weighted by Gasteiger charge is 2.28. The Morgan fingerprint density at radius 3 is 2.65 bits per heavy atom. The average molecular weight is 275 g/mol. The maximum Gasteiger partial charge on any atom is 0.237 e. The third kappa shape index (κ3) is 3.60. The summed E-state index contributed by atoms with van der Waals surface area (Å²) in [4.78, 5) is 11.3. The van der Waals surface area contributed by atoms with E-state index in [0.717, 1.165) is 5.56 Å². The molecule has 0 saturated carbocycles. The van der Waals surface area contributed by atoms with Crippen molar-refractivity contribution in [3.05, 3.63) is 33.8 Å². The van der Waals surface area contributed by atoms with Crippen molar-refractivity contribution in [2.24, 2.45) is 5.73 Å². The lowest BCUT2D eigenvalue weighted by molar-refractivity contribution is -0.124. The van der Waals surface area contributed by atoms with Crippen LogP contribution in [0.25, 0.3) is 0 Å². The molecule has 3 nitrogen and oxygen atoms in total. The third-order valence-corrected chi connectivity index (χ3v) is 3.53. The summed E-state index contributed by atoms with van der Waals surface area (Å²) in [6.07, 6.45) is 0.612. The first-order chi connectivity index (χ1) is 7.89. The minimum atomic E-state index is -0.731. The number of nitrogens with two attached hydrogens (primary N) is 1. The van der Waals surface area contributed by atoms with E-state index in [1.807, 2.05) is 6.92 Å². The van der Waals surface area contributed by atoms with E-state index < -0.39 is 5.54 Å². The number of nitrogens with one attached hydrogen (secondary N) is 1. The molecule has 1 rings (SSSR count). The van der Waals surface area contributed by atoms with Gasteiger partial charge in [0.1, 0.15) is 0 Å². The van der Waals surface area contributed by atoms with Gasteiger partial charge >= 0.3 is 0 Å². The highest BCUT2D eigenvalue weighted by atomic mass is 35.5. The number of primary amides is 1. The van der Waals surface area contributed by atoms with Crippen molar-refractivity contribution in [1.29, 1.82) is 0 Å². The van der Waals surface area contributed by atoms with E-state index in [1.165, 1.54) is 0 Å². The Kier molecular flexibility index (Phi) is 4.80. The summed E-state index contributed by atoms with van der Waals surface area (Å²) in [6.45, 7) is 4.12. The van der Waals surface area contributed by atoms with Gasteiger partial charge in [-0.25, -0.2) is 0 Å². The smallest absolute Gasteiger partial charge is 0.237 e. The second kappa shape index (κ2) is 5.71. The zero-order valence-corrected chi connectivity index (χ0v) is 11.4. The Hall–Kier alpha value is -0.770. The number of carbonyl (C=O) groups is 1. The fourth-order valence-electron chi connectivity index (χ4n) is 1.36. The van der Waals surface area contributed by atoms with Crippen molar-refractivity contribution in [1.82, 2.24) is 5.32 Å². The number of halogens is 2. The van der Waals surface area contributed by atoms with Crippen molar-refractivity contribution in [3.63, 3.8) is 0 Å². The van der Waals surface area contributed by atoms with Crippen molar-refractivity contribution in [2.45, 2.75) is 32.4 Å². The SMILES string of the molecule is CC[C@](C)(NCc1cc(Cl)ccc1Cl)C(N)=O. The number of rotatable bonds is 5. The van der Waals surface area contributed by atoms with Crippen LogP contribution in [0.2, 0.25) is 10.0 Å². The molecule has 0 aromatic heterocycles. The fourth-order valence-corrected chi connectivity index (χ4v) is 1.73. The summed E-state index contributed by atoms with van der Waals surface area (Å²) in [5.41, 5.74) is 5.47. The molecule has 94 valence electrons. The van der Waals surface area contributed by atoms with E-state index in [4.69, 9.17) is 28.9 Å². The van der Waals surface area contributed by atoms with E-state index in [9.17, 15) is 4.79 Å². The molecule has 17 heavy (non-hydrogen) atoms. The molecule has 0 spiro atoms. The number of hydrogen-bond donors (Lipinski definition) is 2. The van der Waals surface area contributed by atoms with Crippen molar-refractivity contribution >= 4 is 29.1 Å². The van der Waals surface area contributed by atoms with Crippen LogP contribution in [0.1, 0.15) is 25.8 Å². The first-order valence-corrected chi connectivity index (χ1v) is 6.13. The Balaban J connectivity index is 2.79. The number of carbonyl (C=O) groups excluding carboxylic acids is 1. The van der Waals surface area contributed by atoms with E-state index in [1.54, 1.807) is 25.1 Å². The predicted octanol–water partition coefficient (Wildman–Crippen LogP) is 2.74. The molecular weight excluding hydrogens is 259 g/mol. The quantitative estimate of drug-likeness (QED) is 0.868. The van der Waals surface area contributed by atoms with Crippen molar-refractivity contribution in [2.75, 3.05) is 0 Å². The number of amides is 1. The zero-order valence-electron chi connectivity index (χ0n) is 9.89. The molecule has 0 fully saturated rings. The average Bonchev–Trinajstić information content (AvgIpc) is 2.29. The number of benzene rings is 1. The van der Waals surface area contributed by atoms with Gasteiger partial charge in [-0.2, -0.15) is 0 Å². The summed E-state index contributed by atoms with van der Waals surface area (Å²) in [6, 6.07) is 5.23. The first-order valence-electron chi connectivity index (χ1n) is 5.38. The Labute approximate surface area is 111 Å². The molecule has 0 aliphatic heterocycles. The molecule has 3 N–H and O–H groups in total. The highest BCUT2D eigenvalue weighted by Crippen LogP contribution is 2.21. The molecule has 0 heterocycles. The summed E-state index contributed by atoms with van der Waals surface area (Å²) < 4.78 is 0. The van der Waals surface area contributed by atoms with E-state index >= 15 is 0 Å². The van der Waals surface area contributed by atoms with Gasteiger partial charge in [0.2, 0.25) is 5.91 Å². The normalized spacial score (nSPS) is 14.4. The van der Waals surface area contributed by atoms with Gasteiger partial charge in [-0.05, 0) is 37.1 Å². The van der Waals surface area contributed by atoms with Gasteiger partial charge < -0.3 is 5.73 Å². The zero-order chi connectivity index (χ0) is 13.1. The molecule has 0 aliphatic carbocycles. The highest BCUT2D eigenvalue weighted by molar-refractivity contribution is 6.33. The second-order valence-electron chi connectivity index (χ2n) is 4.14. The molecule has 1 amide bonds. The van der Waals surface area contributed by atoms with Gasteiger partial charge in [-0.15, -0.1) is 0 Å². The Morgan fingerprint density at radius 1 is 1.47 bits per heavy atom. The summed E-state index contributed by atoms with van der Waals surface area (Å²) in [7, 11) is 0. The lowest BCUT2D eigenvalue weighted by atomic mass is 9.97. The first kappa shape index (κ1) is 14.3. The topological polar surface area (TPSA) is 55.1 Å². The van der Waals surface area contributed by atoms with Crippen LogP contribution < -0.4 is 11.1 Å². The monoisotopic (exact) mass is 274 g/mol. The largest absolute Gasteiger partial charge is 0.368 e. The van der Waals surface area contributed by atoms with Gasteiger partial charge in [-0.1, -0.05) is 30.1 Å². The van der Waals surface area contributed by atoms with Crippen molar-refractivity contribution in [3.8, 4) is 0 Å². The molecule has 0 bridgehead atoms. The van der Waals surface area contributed by atoms with Crippen LogP contribution in [0.3, 0.4) is 0 Å². The Bertz CT molecular complexity index is 423. The summed E-state index contributed by atoms with van der Waals surface area (Å²) >= 11 is 11.9. The summed E-state index contributed by atoms with van der Waals surface area (Å²) in [5, 5.41) is 4.34.